The van der Waals surface area contributed by atoms with E-state index in [1.54, 1.807) is 19.1 Å². The summed E-state index contributed by atoms with van der Waals surface area (Å²) >= 11 is 0. The Morgan fingerprint density at radius 3 is 2.64 bits per heavy atom. The number of nitrogens with two attached hydrogens (primary N) is 1. The highest BCUT2D eigenvalue weighted by atomic mass is 127. The lowest BCUT2D eigenvalue weighted by atomic mass is 10.2. The summed E-state index contributed by atoms with van der Waals surface area (Å²) in [5, 5.41) is 0. The Kier molecular flexibility index (Phi) is 8.29. The minimum Gasteiger partial charge on any atom is -0.460 e. The van der Waals surface area contributed by atoms with E-state index in [-0.39, 0.29) is 29.7 Å². The van der Waals surface area contributed by atoms with Gasteiger partial charge in [-0.25, -0.2) is 9.79 Å². The summed E-state index contributed by atoms with van der Waals surface area (Å²) in [6, 6.07) is 3.33. The summed E-state index contributed by atoms with van der Waals surface area (Å²) in [6.07, 6.45) is 4.82. The molecule has 1 fully saturated rings. The van der Waals surface area contributed by atoms with E-state index in [2.05, 4.69) is 9.89 Å². The van der Waals surface area contributed by atoms with Gasteiger partial charge >= 0.3 is 5.97 Å². The first-order valence-corrected chi connectivity index (χ1v) is 7.51. The molecule has 7 heteroatoms. The van der Waals surface area contributed by atoms with Gasteiger partial charge in [0.15, 0.2) is 5.96 Å². The van der Waals surface area contributed by atoms with Crippen molar-refractivity contribution in [2.24, 2.45) is 10.7 Å². The number of esters is 1. The predicted molar refractivity (Wildman–Crippen MR) is 95.4 cm³/mol. The summed E-state index contributed by atoms with van der Waals surface area (Å²) in [7, 11) is 0. The van der Waals surface area contributed by atoms with Gasteiger partial charge in [0, 0.05) is 13.1 Å². The van der Waals surface area contributed by atoms with Crippen LogP contribution in [0.3, 0.4) is 0 Å². The quantitative estimate of drug-likeness (QED) is 0.350. The fourth-order valence-corrected chi connectivity index (χ4v) is 2.33. The lowest BCUT2D eigenvalue weighted by Gasteiger charge is -2.20. The van der Waals surface area contributed by atoms with E-state index in [1.807, 2.05) is 0 Å². The minimum atomic E-state index is -0.451. The van der Waals surface area contributed by atoms with Crippen LogP contribution in [0.25, 0.3) is 0 Å². The average Bonchev–Trinajstić information content (AvgIpc) is 2.78. The van der Waals surface area contributed by atoms with Gasteiger partial charge < -0.3 is 19.8 Å². The van der Waals surface area contributed by atoms with Crippen molar-refractivity contribution in [3.8, 4) is 0 Å². The van der Waals surface area contributed by atoms with E-state index in [0.29, 0.717) is 24.9 Å². The van der Waals surface area contributed by atoms with Crippen molar-refractivity contribution >= 4 is 35.9 Å². The second-order valence-electron chi connectivity index (χ2n) is 5.06. The van der Waals surface area contributed by atoms with Gasteiger partial charge in [0.1, 0.15) is 12.3 Å². The molecule has 0 aliphatic carbocycles. The number of carbonyl (C=O) groups excluding carboxylic acids is 1. The van der Waals surface area contributed by atoms with Crippen LogP contribution in [-0.2, 0) is 11.3 Å². The van der Waals surface area contributed by atoms with Crippen molar-refractivity contribution in [2.45, 2.75) is 39.2 Å². The molecule has 1 saturated heterocycles. The normalized spacial score (nSPS) is 15.9. The van der Waals surface area contributed by atoms with E-state index in [4.69, 9.17) is 14.9 Å². The molecule has 0 saturated carbocycles. The molecule has 1 aromatic rings. The van der Waals surface area contributed by atoms with Crippen LogP contribution in [0.15, 0.2) is 21.5 Å². The molecule has 2 heterocycles. The maximum absolute atomic E-state index is 11.5. The Hall–Kier alpha value is -1.25. The second-order valence-corrected chi connectivity index (χ2v) is 5.06. The molecule has 22 heavy (non-hydrogen) atoms. The van der Waals surface area contributed by atoms with Gasteiger partial charge in [0.2, 0.25) is 5.76 Å². The van der Waals surface area contributed by atoms with E-state index in [1.165, 1.54) is 12.8 Å². The summed E-state index contributed by atoms with van der Waals surface area (Å²) in [5.41, 5.74) is 6.02. The van der Waals surface area contributed by atoms with Gasteiger partial charge in [-0.1, -0.05) is 12.8 Å². The molecule has 1 aliphatic rings. The molecule has 6 nitrogen and oxygen atoms in total. The third kappa shape index (κ3) is 5.51. The highest BCUT2D eigenvalue weighted by molar-refractivity contribution is 14.0. The van der Waals surface area contributed by atoms with Gasteiger partial charge in [0.25, 0.3) is 0 Å². The van der Waals surface area contributed by atoms with Gasteiger partial charge in [0.05, 0.1) is 6.61 Å². The zero-order valence-electron chi connectivity index (χ0n) is 12.9. The smallest absolute Gasteiger partial charge is 0.374 e. The van der Waals surface area contributed by atoms with E-state index in [0.717, 1.165) is 25.9 Å². The zero-order chi connectivity index (χ0) is 15.1. The standard InChI is InChI=1S/C15H23N3O3.HI/c1-2-20-14(19)13-8-7-12(21-13)11-17-15(16)18-9-5-3-4-6-10-18;/h7-8H,2-6,9-11H2,1H3,(H2,16,17);1H. The highest BCUT2D eigenvalue weighted by Crippen LogP contribution is 2.12. The Morgan fingerprint density at radius 1 is 1.32 bits per heavy atom. The molecular formula is C15H24IN3O3. The van der Waals surface area contributed by atoms with Crippen LogP contribution < -0.4 is 5.73 Å². The largest absolute Gasteiger partial charge is 0.460 e. The van der Waals surface area contributed by atoms with Gasteiger partial charge in [-0.2, -0.15) is 0 Å². The molecule has 0 bridgehead atoms. The number of rotatable bonds is 4. The van der Waals surface area contributed by atoms with Crippen molar-refractivity contribution in [1.29, 1.82) is 0 Å². The van der Waals surface area contributed by atoms with Crippen LogP contribution in [0.5, 0.6) is 0 Å². The maximum atomic E-state index is 11.5. The highest BCUT2D eigenvalue weighted by Gasteiger charge is 2.13. The summed E-state index contributed by atoms with van der Waals surface area (Å²) in [6.45, 7) is 4.34. The number of nitrogens with zero attached hydrogens (tertiary/aromatic N) is 2. The average molecular weight is 421 g/mol. The fourth-order valence-electron chi connectivity index (χ4n) is 2.33. The number of furan rings is 1. The monoisotopic (exact) mass is 421 g/mol. The third-order valence-electron chi connectivity index (χ3n) is 3.47. The minimum absolute atomic E-state index is 0. The molecule has 2 N–H and O–H groups in total. The van der Waals surface area contributed by atoms with E-state index < -0.39 is 5.97 Å². The fraction of sp³-hybridized carbons (Fsp3) is 0.600. The van der Waals surface area contributed by atoms with Crippen LogP contribution in [0, 0.1) is 0 Å². The molecule has 1 aliphatic heterocycles. The van der Waals surface area contributed by atoms with Crippen molar-refractivity contribution in [2.75, 3.05) is 19.7 Å². The number of hydrogen-bond donors (Lipinski definition) is 1. The van der Waals surface area contributed by atoms with E-state index >= 15 is 0 Å². The predicted octanol–water partition coefficient (Wildman–Crippen LogP) is 2.77. The molecule has 1 aromatic heterocycles. The number of ether oxygens (including phenoxy) is 1. The van der Waals surface area contributed by atoms with Crippen molar-refractivity contribution < 1.29 is 13.9 Å². The first-order valence-electron chi connectivity index (χ1n) is 7.51. The number of carbonyl (C=O) groups is 1. The van der Waals surface area contributed by atoms with Gasteiger partial charge in [-0.05, 0) is 31.9 Å². The number of hydrogen-bond acceptors (Lipinski definition) is 4. The molecular weight excluding hydrogens is 397 g/mol. The zero-order valence-corrected chi connectivity index (χ0v) is 15.2. The second kappa shape index (κ2) is 9.70. The van der Waals surface area contributed by atoms with Crippen LogP contribution in [0.1, 0.15) is 48.9 Å². The number of aliphatic imine (C=N–C) groups is 1. The van der Waals surface area contributed by atoms with E-state index in [9.17, 15) is 4.79 Å². The van der Waals surface area contributed by atoms with Gasteiger partial charge in [-0.15, -0.1) is 24.0 Å². The first kappa shape index (κ1) is 18.8. The van der Waals surface area contributed by atoms with Gasteiger partial charge in [-0.3, -0.25) is 0 Å². The Labute approximate surface area is 148 Å². The molecule has 0 unspecified atom stereocenters. The topological polar surface area (TPSA) is 81.1 Å². The van der Waals surface area contributed by atoms with Crippen LogP contribution in [0.2, 0.25) is 0 Å². The van der Waals surface area contributed by atoms with Crippen molar-refractivity contribution in [3.63, 3.8) is 0 Å². The third-order valence-corrected chi connectivity index (χ3v) is 3.47. The summed E-state index contributed by atoms with van der Waals surface area (Å²) in [4.78, 5) is 18.0. The van der Waals surface area contributed by atoms with Crippen LogP contribution in [-0.4, -0.2) is 36.5 Å². The number of likely N-dealkylation sites (tertiary alicyclic amines) is 1. The van der Waals surface area contributed by atoms with Crippen LogP contribution in [0.4, 0.5) is 0 Å². The maximum Gasteiger partial charge on any atom is 0.374 e. The number of halogens is 1. The Bertz CT molecular complexity index is 494. The molecule has 0 radical (unpaired) electrons. The van der Waals surface area contributed by atoms with Crippen molar-refractivity contribution in [3.05, 3.63) is 23.7 Å². The molecule has 0 aromatic carbocycles. The Balaban J connectivity index is 0.00000242. The first-order chi connectivity index (χ1) is 10.2. The lowest BCUT2D eigenvalue weighted by Crippen LogP contribution is -2.38. The summed E-state index contributed by atoms with van der Waals surface area (Å²) in [5.74, 6) is 0.908. The molecule has 2 rings (SSSR count). The summed E-state index contributed by atoms with van der Waals surface area (Å²) < 4.78 is 10.3. The molecule has 0 atom stereocenters. The SMILES string of the molecule is CCOC(=O)c1ccc(CN=C(N)N2CCCCCC2)o1.I. The Morgan fingerprint density at radius 2 is 2.00 bits per heavy atom. The number of guanidine groups is 1. The lowest BCUT2D eigenvalue weighted by molar-refractivity contribution is 0.0488. The molecule has 0 amide bonds. The molecule has 0 spiro atoms. The van der Waals surface area contributed by atoms with Crippen molar-refractivity contribution in [1.82, 2.24) is 4.90 Å². The van der Waals surface area contributed by atoms with Crippen LogP contribution >= 0.6 is 24.0 Å². The molecule has 124 valence electrons.